The molecule has 0 bridgehead atoms. The van der Waals surface area contributed by atoms with E-state index in [-0.39, 0.29) is 0 Å². The van der Waals surface area contributed by atoms with Gasteiger partial charge in [-0.25, -0.2) is 0 Å². The van der Waals surface area contributed by atoms with Crippen LogP contribution < -0.4 is 0 Å². The molecule has 0 saturated heterocycles. The molecule has 0 fully saturated rings. The Labute approximate surface area is 172 Å². The molecule has 0 aliphatic carbocycles. The lowest BCUT2D eigenvalue weighted by Crippen LogP contribution is -1.70. The van der Waals surface area contributed by atoms with Crippen LogP contribution in [0, 0.1) is 0 Å². The topological polar surface area (TPSA) is 0 Å². The van der Waals surface area contributed by atoms with Crippen LogP contribution >= 0.6 is 0 Å². The molecule has 0 amide bonds. The summed E-state index contributed by atoms with van der Waals surface area (Å²) in [6, 6.07) is 0. The molecule has 0 aromatic carbocycles. The first-order chi connectivity index (χ1) is 12.7. The Morgan fingerprint density at radius 2 is 0.385 bits per heavy atom. The van der Waals surface area contributed by atoms with Crippen molar-refractivity contribution >= 4 is 0 Å². The second kappa shape index (κ2) is 56.2. The van der Waals surface area contributed by atoms with E-state index < -0.39 is 0 Å². The summed E-state index contributed by atoms with van der Waals surface area (Å²) in [5.41, 5.74) is 0. The summed E-state index contributed by atoms with van der Waals surface area (Å²) >= 11 is 0. The molecule has 0 heterocycles. The van der Waals surface area contributed by atoms with Gasteiger partial charge in [0.15, 0.2) is 0 Å². The van der Waals surface area contributed by atoms with E-state index in [2.05, 4.69) is 55.4 Å². The van der Waals surface area contributed by atoms with E-state index in [4.69, 9.17) is 0 Å². The molecule has 0 unspecified atom stereocenters. The van der Waals surface area contributed by atoms with Gasteiger partial charge in [-0.3, -0.25) is 0 Å². The van der Waals surface area contributed by atoms with Gasteiger partial charge in [0.05, 0.1) is 0 Å². The zero-order chi connectivity index (χ0) is 21.3. The van der Waals surface area contributed by atoms with Crippen molar-refractivity contribution in [1.29, 1.82) is 0 Å². The van der Waals surface area contributed by atoms with Gasteiger partial charge in [-0.05, 0) is 0 Å². The van der Waals surface area contributed by atoms with Crippen LogP contribution in [-0.2, 0) is 0 Å². The minimum absolute atomic E-state index is 1.34. The van der Waals surface area contributed by atoms with E-state index in [1.165, 1.54) is 103 Å². The zero-order valence-electron chi connectivity index (χ0n) is 21.3. The lowest BCUT2D eigenvalue weighted by Gasteiger charge is -1.90. The first kappa shape index (κ1) is 36.8. The summed E-state index contributed by atoms with van der Waals surface area (Å²) in [6.07, 6.45) is 22.2. The molecule has 0 aliphatic rings. The van der Waals surface area contributed by atoms with Gasteiger partial charge in [0.2, 0.25) is 0 Å². The van der Waals surface area contributed by atoms with Gasteiger partial charge in [0.1, 0.15) is 0 Å². The summed E-state index contributed by atoms with van der Waals surface area (Å²) in [6.45, 7) is 21.8. The summed E-state index contributed by atoms with van der Waals surface area (Å²) in [7, 11) is 0. The number of unbranched alkanes of at least 4 members (excludes halogenated alkanes) is 12. The fraction of sp³-hybridized carbons (Fsp3) is 1.00. The van der Waals surface area contributed by atoms with E-state index in [1.807, 2.05) is 13.8 Å². The third-order valence-electron chi connectivity index (χ3n) is 3.83. The molecule has 26 heavy (non-hydrogen) atoms. The third-order valence-corrected chi connectivity index (χ3v) is 3.83. The highest BCUT2D eigenvalue weighted by Gasteiger charge is 1.80. The van der Waals surface area contributed by atoms with Crippen LogP contribution in [0.3, 0.4) is 0 Å². The lowest BCUT2D eigenvalue weighted by molar-refractivity contribution is 0.656. The van der Waals surface area contributed by atoms with E-state index >= 15 is 0 Å². The molecule has 0 atom stereocenters. The standard InChI is InChI=1S/2C7H16.2C5H12.C2H6/c2*1-3-5-7-6-4-2;2*1-3-5-4-2;1-2/h2*3-7H2,1-2H3;2*3-5H2,1-2H3;1-2H3. The van der Waals surface area contributed by atoms with Gasteiger partial charge in [0, 0.05) is 0 Å². The second-order valence-electron chi connectivity index (χ2n) is 6.83. The summed E-state index contributed by atoms with van der Waals surface area (Å²) in [5.74, 6) is 0. The molecule has 0 nitrogen and oxygen atoms in total. The van der Waals surface area contributed by atoms with Crippen LogP contribution in [-0.4, -0.2) is 0 Å². The maximum absolute atomic E-state index is 2.25. The van der Waals surface area contributed by atoms with Crippen LogP contribution in [0.25, 0.3) is 0 Å². The molecule has 0 aromatic rings. The Morgan fingerprint density at radius 1 is 0.231 bits per heavy atom. The van der Waals surface area contributed by atoms with Gasteiger partial charge in [-0.15, -0.1) is 0 Å². The van der Waals surface area contributed by atoms with E-state index in [1.54, 1.807) is 0 Å². The van der Waals surface area contributed by atoms with Crippen molar-refractivity contribution in [2.75, 3.05) is 0 Å². The monoisotopic (exact) mass is 374 g/mol. The van der Waals surface area contributed by atoms with Crippen LogP contribution in [0.5, 0.6) is 0 Å². The molecule has 0 heteroatoms. The number of hydrogen-bond donors (Lipinski definition) is 0. The van der Waals surface area contributed by atoms with Crippen molar-refractivity contribution in [3.8, 4) is 0 Å². The summed E-state index contributed by atoms with van der Waals surface area (Å²) in [4.78, 5) is 0. The Morgan fingerprint density at radius 3 is 0.462 bits per heavy atom. The van der Waals surface area contributed by atoms with Gasteiger partial charge >= 0.3 is 0 Å². The maximum atomic E-state index is 2.25. The average Bonchev–Trinajstić information content (AvgIpc) is 2.67. The maximum Gasteiger partial charge on any atom is -0.0533 e. The highest BCUT2D eigenvalue weighted by molar-refractivity contribution is 4.36. The van der Waals surface area contributed by atoms with E-state index in [9.17, 15) is 0 Å². The Balaban J connectivity index is -0.0000000738. The molecule has 0 spiro atoms. The van der Waals surface area contributed by atoms with E-state index in [0.29, 0.717) is 0 Å². The molecular weight excluding hydrogens is 312 g/mol. The van der Waals surface area contributed by atoms with Gasteiger partial charge < -0.3 is 0 Å². The quantitative estimate of drug-likeness (QED) is 0.298. The predicted octanol–water partition coefficient (Wildman–Crippen LogP) is 11.4. The molecule has 0 aromatic heterocycles. The first-order valence-electron chi connectivity index (χ1n) is 12.7. The number of rotatable bonds is 12. The van der Waals surface area contributed by atoms with Crippen molar-refractivity contribution < 1.29 is 0 Å². The van der Waals surface area contributed by atoms with Crippen LogP contribution in [0.4, 0.5) is 0 Å². The Hall–Kier alpha value is 0. The smallest absolute Gasteiger partial charge is 0.0533 e. The van der Waals surface area contributed by atoms with E-state index in [0.717, 1.165) is 0 Å². The third kappa shape index (κ3) is 88.2. The summed E-state index contributed by atoms with van der Waals surface area (Å²) < 4.78 is 0. The molecule has 0 rings (SSSR count). The molecule has 0 aliphatic heterocycles. The second-order valence-corrected chi connectivity index (χ2v) is 6.83. The predicted molar refractivity (Wildman–Crippen MR) is 131 cm³/mol. The lowest BCUT2D eigenvalue weighted by atomic mass is 10.2. The SMILES string of the molecule is CC.CCCCC.CCCCC.CCCCCCC.CCCCCCC. The van der Waals surface area contributed by atoms with Crippen molar-refractivity contribution in [2.45, 2.75) is 172 Å². The Kier molecular flexibility index (Phi) is 79.7. The molecular formula is C26H62. The molecule has 166 valence electrons. The van der Waals surface area contributed by atoms with Gasteiger partial charge in [-0.2, -0.15) is 0 Å². The van der Waals surface area contributed by atoms with Crippen LogP contribution in [0.2, 0.25) is 0 Å². The molecule has 0 saturated carbocycles. The number of hydrogen-bond acceptors (Lipinski definition) is 0. The molecule has 0 N–H and O–H groups in total. The minimum atomic E-state index is 1.34. The highest BCUT2D eigenvalue weighted by Crippen LogP contribution is 2.00. The zero-order valence-corrected chi connectivity index (χ0v) is 21.3. The Bertz CT molecular complexity index is 100. The summed E-state index contributed by atoms with van der Waals surface area (Å²) in [5, 5.41) is 0. The minimum Gasteiger partial charge on any atom is -0.0683 e. The van der Waals surface area contributed by atoms with Gasteiger partial charge in [0.25, 0.3) is 0 Å². The fourth-order valence-electron chi connectivity index (χ4n) is 2.06. The highest BCUT2D eigenvalue weighted by atomic mass is 13.9. The van der Waals surface area contributed by atoms with Crippen molar-refractivity contribution in [2.24, 2.45) is 0 Å². The van der Waals surface area contributed by atoms with Crippen molar-refractivity contribution in [3.63, 3.8) is 0 Å². The fourth-order valence-corrected chi connectivity index (χ4v) is 2.06. The normalized spacial score (nSPS) is 8.54. The largest absolute Gasteiger partial charge is 0.0683 e. The molecule has 0 radical (unpaired) electrons. The average molecular weight is 375 g/mol. The first-order valence-corrected chi connectivity index (χ1v) is 12.7. The van der Waals surface area contributed by atoms with Crippen LogP contribution in [0.15, 0.2) is 0 Å². The van der Waals surface area contributed by atoms with Crippen LogP contribution in [0.1, 0.15) is 172 Å². The van der Waals surface area contributed by atoms with Gasteiger partial charge in [-0.1, -0.05) is 172 Å². The van der Waals surface area contributed by atoms with Crippen molar-refractivity contribution in [1.82, 2.24) is 0 Å². The van der Waals surface area contributed by atoms with Crippen molar-refractivity contribution in [3.05, 3.63) is 0 Å².